The quantitative estimate of drug-likeness (QED) is 0.744. The Morgan fingerprint density at radius 2 is 2.12 bits per heavy atom. The van der Waals surface area contributed by atoms with E-state index in [4.69, 9.17) is 6.42 Å². The Labute approximate surface area is 103 Å². The van der Waals surface area contributed by atoms with Gasteiger partial charge >= 0.3 is 0 Å². The summed E-state index contributed by atoms with van der Waals surface area (Å²) < 4.78 is 13.4. The van der Waals surface area contributed by atoms with Crippen LogP contribution in [0, 0.1) is 18.2 Å². The molecule has 0 aliphatic heterocycles. The molecule has 17 heavy (non-hydrogen) atoms. The van der Waals surface area contributed by atoms with E-state index in [1.807, 2.05) is 19.1 Å². The lowest BCUT2D eigenvalue weighted by atomic mass is 10.0. The summed E-state index contributed by atoms with van der Waals surface area (Å²) in [7, 11) is 0. The smallest absolute Gasteiger partial charge is 0.126 e. The predicted molar refractivity (Wildman–Crippen MR) is 70.2 cm³/mol. The summed E-state index contributed by atoms with van der Waals surface area (Å²) in [6.07, 6.45) is 8.11. The van der Waals surface area contributed by atoms with Crippen molar-refractivity contribution < 1.29 is 4.39 Å². The molecular weight excluding hydrogens is 213 g/mol. The zero-order valence-electron chi connectivity index (χ0n) is 10.5. The van der Waals surface area contributed by atoms with Gasteiger partial charge in [-0.25, -0.2) is 4.39 Å². The molecule has 0 saturated carbocycles. The number of hydrogen-bond donors (Lipinski definition) is 1. The first-order valence-electron chi connectivity index (χ1n) is 6.13. The van der Waals surface area contributed by atoms with Gasteiger partial charge in [0.2, 0.25) is 0 Å². The van der Waals surface area contributed by atoms with E-state index in [-0.39, 0.29) is 17.9 Å². The molecule has 0 aromatic heterocycles. The molecule has 1 nitrogen and oxygen atoms in total. The molecule has 0 aliphatic carbocycles. The van der Waals surface area contributed by atoms with Gasteiger partial charge in [-0.15, -0.1) is 6.42 Å². The van der Waals surface area contributed by atoms with Gasteiger partial charge in [0.15, 0.2) is 0 Å². The van der Waals surface area contributed by atoms with Crippen LogP contribution in [0.15, 0.2) is 24.3 Å². The van der Waals surface area contributed by atoms with E-state index in [1.165, 1.54) is 6.07 Å². The minimum absolute atomic E-state index is 0.0850. The summed E-state index contributed by atoms with van der Waals surface area (Å²) >= 11 is 0. The maximum Gasteiger partial charge on any atom is 0.126 e. The molecule has 1 rings (SSSR count). The van der Waals surface area contributed by atoms with E-state index in [1.54, 1.807) is 6.07 Å². The highest BCUT2D eigenvalue weighted by molar-refractivity contribution is 5.18. The summed E-state index contributed by atoms with van der Waals surface area (Å²) in [6.45, 7) is 4.14. The Morgan fingerprint density at radius 1 is 1.41 bits per heavy atom. The Morgan fingerprint density at radius 3 is 2.71 bits per heavy atom. The molecule has 1 aromatic carbocycles. The van der Waals surface area contributed by atoms with Gasteiger partial charge in [0.1, 0.15) is 5.82 Å². The summed E-state index contributed by atoms with van der Waals surface area (Å²) in [6, 6.07) is 7.14. The number of benzene rings is 1. The van der Waals surface area contributed by atoms with Gasteiger partial charge in [0.25, 0.3) is 0 Å². The minimum atomic E-state index is -0.145. The summed E-state index contributed by atoms with van der Waals surface area (Å²) in [4.78, 5) is 0. The van der Waals surface area contributed by atoms with Crippen molar-refractivity contribution in [1.82, 2.24) is 5.32 Å². The van der Waals surface area contributed by atoms with Crippen LogP contribution in [0.25, 0.3) is 0 Å². The van der Waals surface area contributed by atoms with Gasteiger partial charge in [0, 0.05) is 6.04 Å². The molecule has 1 N–H and O–H groups in total. The van der Waals surface area contributed by atoms with E-state index in [0.29, 0.717) is 6.42 Å². The molecule has 0 heterocycles. The van der Waals surface area contributed by atoms with E-state index >= 15 is 0 Å². The molecular formula is C15H20FN. The number of nitrogens with one attached hydrogen (secondary N) is 1. The fourth-order valence-corrected chi connectivity index (χ4v) is 1.90. The molecule has 0 saturated heterocycles. The van der Waals surface area contributed by atoms with Gasteiger partial charge in [-0.05, 0) is 31.4 Å². The predicted octanol–water partition coefficient (Wildman–Crippen LogP) is 3.15. The van der Waals surface area contributed by atoms with Crippen LogP contribution in [0.2, 0.25) is 0 Å². The number of halogens is 1. The van der Waals surface area contributed by atoms with Gasteiger partial charge in [-0.1, -0.05) is 37.5 Å². The van der Waals surface area contributed by atoms with Crippen LogP contribution < -0.4 is 5.32 Å². The molecule has 0 aliphatic rings. The second-order valence-electron chi connectivity index (χ2n) is 4.37. The van der Waals surface area contributed by atoms with Crippen LogP contribution in [0.1, 0.15) is 32.3 Å². The zero-order chi connectivity index (χ0) is 12.7. The average Bonchev–Trinajstić information content (AvgIpc) is 2.31. The maximum absolute atomic E-state index is 13.4. The van der Waals surface area contributed by atoms with Crippen molar-refractivity contribution >= 4 is 0 Å². The molecule has 0 fully saturated rings. The topological polar surface area (TPSA) is 12.0 Å². The number of terminal acetylenes is 1. The van der Waals surface area contributed by atoms with Gasteiger partial charge < -0.3 is 5.32 Å². The summed E-state index contributed by atoms with van der Waals surface area (Å²) in [5.41, 5.74) is 0.736. The summed E-state index contributed by atoms with van der Waals surface area (Å²) in [5, 5.41) is 3.34. The largest absolute Gasteiger partial charge is 0.301 e. The van der Waals surface area contributed by atoms with Crippen LogP contribution in [0.4, 0.5) is 4.39 Å². The Balaban J connectivity index is 2.52. The zero-order valence-corrected chi connectivity index (χ0v) is 10.5. The van der Waals surface area contributed by atoms with Crippen LogP contribution in [-0.2, 0) is 6.42 Å². The minimum Gasteiger partial charge on any atom is -0.301 e. The van der Waals surface area contributed by atoms with Gasteiger partial charge in [0.05, 0.1) is 6.04 Å². The van der Waals surface area contributed by atoms with Crippen LogP contribution in [0.3, 0.4) is 0 Å². The maximum atomic E-state index is 13.4. The lowest BCUT2D eigenvalue weighted by molar-refractivity contribution is 0.471. The van der Waals surface area contributed by atoms with Crippen LogP contribution >= 0.6 is 0 Å². The molecule has 0 bridgehead atoms. The highest BCUT2D eigenvalue weighted by atomic mass is 19.1. The molecule has 0 radical (unpaired) electrons. The van der Waals surface area contributed by atoms with Crippen molar-refractivity contribution in [1.29, 1.82) is 0 Å². The van der Waals surface area contributed by atoms with Crippen molar-refractivity contribution in [3.8, 4) is 12.3 Å². The molecule has 2 unspecified atom stereocenters. The highest BCUT2D eigenvalue weighted by Crippen LogP contribution is 2.09. The Bertz CT molecular complexity index is 381. The summed E-state index contributed by atoms with van der Waals surface area (Å²) in [5.74, 6) is 2.58. The van der Waals surface area contributed by atoms with E-state index in [9.17, 15) is 4.39 Å². The van der Waals surface area contributed by atoms with Crippen LogP contribution in [-0.4, -0.2) is 12.1 Å². The first-order chi connectivity index (χ1) is 8.17. The molecule has 2 atom stereocenters. The van der Waals surface area contributed by atoms with Crippen molar-refractivity contribution in [2.45, 2.75) is 45.2 Å². The Kier molecular flexibility index (Phi) is 5.72. The molecule has 2 heteroatoms. The third kappa shape index (κ3) is 4.58. The van der Waals surface area contributed by atoms with E-state index in [0.717, 1.165) is 18.4 Å². The van der Waals surface area contributed by atoms with Gasteiger partial charge in [-0.2, -0.15) is 0 Å². The average molecular weight is 233 g/mol. The second-order valence-corrected chi connectivity index (χ2v) is 4.37. The van der Waals surface area contributed by atoms with Crippen LogP contribution in [0.5, 0.6) is 0 Å². The molecule has 0 spiro atoms. The molecule has 92 valence electrons. The molecule has 1 aromatic rings. The monoisotopic (exact) mass is 233 g/mol. The first kappa shape index (κ1) is 13.7. The fraction of sp³-hybridized carbons (Fsp3) is 0.467. The fourth-order valence-electron chi connectivity index (χ4n) is 1.90. The number of rotatable bonds is 6. The van der Waals surface area contributed by atoms with Crippen molar-refractivity contribution in [2.24, 2.45) is 0 Å². The third-order valence-corrected chi connectivity index (χ3v) is 2.75. The first-order valence-corrected chi connectivity index (χ1v) is 6.13. The van der Waals surface area contributed by atoms with Crippen molar-refractivity contribution in [2.75, 3.05) is 0 Å². The van der Waals surface area contributed by atoms with Crippen molar-refractivity contribution in [3.05, 3.63) is 35.6 Å². The van der Waals surface area contributed by atoms with Gasteiger partial charge in [-0.3, -0.25) is 0 Å². The normalized spacial score (nSPS) is 14.0. The Hall–Kier alpha value is -1.33. The highest BCUT2D eigenvalue weighted by Gasteiger charge is 2.11. The lowest BCUT2D eigenvalue weighted by Gasteiger charge is -2.19. The number of hydrogen-bond acceptors (Lipinski definition) is 1. The third-order valence-electron chi connectivity index (χ3n) is 2.75. The lowest BCUT2D eigenvalue weighted by Crippen LogP contribution is -2.36. The standard InChI is InChI=1S/C15H20FN/c1-4-8-14(5-2)17-12(3)11-13-9-6-7-10-15(13)16/h2,6-7,9-10,12,14,17H,4,8,11H2,1,3H3. The second kappa shape index (κ2) is 7.09. The van der Waals surface area contributed by atoms with E-state index in [2.05, 4.69) is 18.2 Å². The molecule has 0 amide bonds. The van der Waals surface area contributed by atoms with Crippen molar-refractivity contribution in [3.63, 3.8) is 0 Å². The van der Waals surface area contributed by atoms with E-state index < -0.39 is 0 Å². The SMILES string of the molecule is C#CC(CCC)NC(C)Cc1ccccc1F.